The van der Waals surface area contributed by atoms with E-state index in [1.807, 2.05) is 31.2 Å². The van der Waals surface area contributed by atoms with Gasteiger partial charge in [0.25, 0.3) is 0 Å². The number of aryl methyl sites for hydroxylation is 1. The maximum atomic E-state index is 5.81. The van der Waals surface area contributed by atoms with Gasteiger partial charge in [-0.1, -0.05) is 17.7 Å². The molecule has 1 unspecified atom stereocenters. The monoisotopic (exact) mass is 220 g/mol. The summed E-state index contributed by atoms with van der Waals surface area (Å²) in [6.07, 6.45) is 0. The molecule has 0 aliphatic carbocycles. The molecule has 0 saturated heterocycles. The number of hydrogen-bond donors (Lipinski definition) is 0. The van der Waals surface area contributed by atoms with Gasteiger partial charge in [0, 0.05) is 6.66 Å². The van der Waals surface area contributed by atoms with E-state index in [9.17, 15) is 0 Å². The zero-order valence-electron chi connectivity index (χ0n) is 6.95. The van der Waals surface area contributed by atoms with E-state index in [4.69, 9.17) is 27.6 Å². The molecule has 0 spiro atoms. The third-order valence-electron chi connectivity index (χ3n) is 1.29. The Morgan fingerprint density at radius 3 is 2.25 bits per heavy atom. The van der Waals surface area contributed by atoms with Gasteiger partial charge >= 0.3 is 0 Å². The first-order valence-corrected chi connectivity index (χ1v) is 7.58. The van der Waals surface area contributed by atoms with Crippen molar-refractivity contribution in [3.05, 3.63) is 29.8 Å². The molecule has 12 heavy (non-hydrogen) atoms. The lowest BCUT2D eigenvalue weighted by molar-refractivity contribution is 0.628. The van der Waals surface area contributed by atoms with Gasteiger partial charge in [0.05, 0.1) is 0 Å². The highest BCUT2D eigenvalue weighted by atomic mass is 35.7. The Hall–Kier alpha value is -0.0400. The lowest BCUT2D eigenvalue weighted by atomic mass is 10.2. The fraction of sp³-hybridized carbons (Fsp3) is 0.250. The van der Waals surface area contributed by atoms with E-state index < -0.39 is 5.62 Å². The Balaban J connectivity index is 2.78. The first-order valence-electron chi connectivity index (χ1n) is 3.51. The second kappa shape index (κ2) is 3.78. The Bertz CT molecular complexity index is 303. The molecule has 1 aromatic rings. The molecule has 1 aromatic carbocycles. The summed E-state index contributed by atoms with van der Waals surface area (Å²) in [5.41, 5.74) is -0.901. The lowest BCUT2D eigenvalue weighted by Gasteiger charge is -2.10. The molecular formula is C8H10ClOPS. The van der Waals surface area contributed by atoms with E-state index in [1.165, 1.54) is 5.56 Å². The van der Waals surface area contributed by atoms with Crippen molar-refractivity contribution in [3.63, 3.8) is 0 Å². The molecule has 66 valence electrons. The van der Waals surface area contributed by atoms with E-state index >= 15 is 0 Å². The van der Waals surface area contributed by atoms with Gasteiger partial charge in [0.2, 0.25) is 0 Å². The van der Waals surface area contributed by atoms with Gasteiger partial charge in [-0.05, 0) is 42.1 Å². The molecule has 1 atom stereocenters. The molecule has 1 rings (SSSR count). The maximum absolute atomic E-state index is 5.81. The second-order valence-corrected chi connectivity index (χ2v) is 8.95. The van der Waals surface area contributed by atoms with E-state index in [0.717, 1.165) is 5.75 Å². The molecule has 0 N–H and O–H groups in total. The van der Waals surface area contributed by atoms with Crippen LogP contribution < -0.4 is 4.52 Å². The predicted octanol–water partition coefficient (Wildman–Crippen LogP) is 3.55. The number of rotatable bonds is 2. The SMILES string of the molecule is Cc1ccc(OP(C)(=S)Cl)cc1. The Morgan fingerprint density at radius 2 is 1.83 bits per heavy atom. The van der Waals surface area contributed by atoms with Crippen LogP contribution in [-0.4, -0.2) is 6.66 Å². The lowest BCUT2D eigenvalue weighted by Crippen LogP contribution is -1.83. The smallest absolute Gasteiger partial charge is 0.196 e. The number of halogens is 1. The van der Waals surface area contributed by atoms with Crippen molar-refractivity contribution < 1.29 is 4.52 Å². The van der Waals surface area contributed by atoms with Gasteiger partial charge in [-0.25, -0.2) is 0 Å². The molecule has 0 saturated carbocycles. The van der Waals surface area contributed by atoms with Gasteiger partial charge in [0.1, 0.15) is 5.75 Å². The summed E-state index contributed by atoms with van der Waals surface area (Å²) in [7, 11) is 0. The van der Waals surface area contributed by atoms with Crippen LogP contribution in [0, 0.1) is 6.92 Å². The van der Waals surface area contributed by atoms with Gasteiger partial charge in [-0.15, -0.1) is 0 Å². The Morgan fingerprint density at radius 1 is 1.33 bits per heavy atom. The average molecular weight is 221 g/mol. The van der Waals surface area contributed by atoms with Crippen molar-refractivity contribution in [3.8, 4) is 5.75 Å². The summed E-state index contributed by atoms with van der Waals surface area (Å²) >= 11 is 10.8. The number of benzene rings is 1. The number of hydrogen-bond acceptors (Lipinski definition) is 2. The van der Waals surface area contributed by atoms with Crippen molar-refractivity contribution in [2.75, 3.05) is 6.66 Å². The fourth-order valence-corrected chi connectivity index (χ4v) is 1.78. The summed E-state index contributed by atoms with van der Waals surface area (Å²) in [4.78, 5) is 0. The van der Waals surface area contributed by atoms with Crippen LogP contribution in [0.3, 0.4) is 0 Å². The zero-order chi connectivity index (χ0) is 9.19. The van der Waals surface area contributed by atoms with Crippen LogP contribution in [0.2, 0.25) is 0 Å². The molecule has 4 heteroatoms. The molecule has 0 amide bonds. The molecule has 0 fully saturated rings. The van der Waals surface area contributed by atoms with E-state index in [-0.39, 0.29) is 0 Å². The standard InChI is InChI=1S/C8H10ClOPS/c1-7-3-5-8(6-4-7)10-11(2,9)12/h3-6H,1-2H3. The Kier molecular flexibility index (Phi) is 3.16. The van der Waals surface area contributed by atoms with Gasteiger partial charge in [-0.3, -0.25) is 0 Å². The third kappa shape index (κ3) is 3.57. The van der Waals surface area contributed by atoms with Crippen LogP contribution in [-0.2, 0) is 11.8 Å². The van der Waals surface area contributed by atoms with Crippen molar-refractivity contribution in [2.45, 2.75) is 6.92 Å². The van der Waals surface area contributed by atoms with Crippen LogP contribution in [0.1, 0.15) is 5.56 Å². The molecule has 0 heterocycles. The topological polar surface area (TPSA) is 9.23 Å². The average Bonchev–Trinajstić information content (AvgIpc) is 1.91. The fourth-order valence-electron chi connectivity index (χ4n) is 0.787. The first kappa shape index (κ1) is 10.0. The normalized spacial score (nSPS) is 15.2. The van der Waals surface area contributed by atoms with E-state index in [2.05, 4.69) is 0 Å². The van der Waals surface area contributed by atoms with Crippen molar-refractivity contribution in [1.29, 1.82) is 0 Å². The Labute approximate surface area is 82.6 Å². The van der Waals surface area contributed by atoms with E-state index in [1.54, 1.807) is 6.66 Å². The molecule has 0 bridgehead atoms. The minimum absolute atomic E-state index is 0.751. The van der Waals surface area contributed by atoms with Gasteiger partial charge in [-0.2, -0.15) is 0 Å². The highest BCUT2D eigenvalue weighted by Gasteiger charge is 2.05. The van der Waals surface area contributed by atoms with Gasteiger partial charge in [0.15, 0.2) is 5.62 Å². The highest BCUT2D eigenvalue weighted by Crippen LogP contribution is 2.48. The van der Waals surface area contributed by atoms with Crippen molar-refractivity contribution >= 4 is 28.7 Å². The van der Waals surface area contributed by atoms with Crippen LogP contribution in [0.25, 0.3) is 0 Å². The van der Waals surface area contributed by atoms with Crippen molar-refractivity contribution in [2.24, 2.45) is 0 Å². The van der Waals surface area contributed by atoms with Crippen LogP contribution in [0.15, 0.2) is 24.3 Å². The maximum Gasteiger partial charge on any atom is 0.196 e. The zero-order valence-corrected chi connectivity index (χ0v) is 9.42. The minimum Gasteiger partial charge on any atom is -0.453 e. The summed E-state index contributed by atoms with van der Waals surface area (Å²) in [5.74, 6) is 0.751. The second-order valence-electron chi connectivity index (χ2n) is 2.65. The summed E-state index contributed by atoms with van der Waals surface area (Å²) in [6.45, 7) is 3.76. The van der Waals surface area contributed by atoms with E-state index in [0.29, 0.717) is 0 Å². The molecule has 0 radical (unpaired) electrons. The molecular weight excluding hydrogens is 211 g/mol. The van der Waals surface area contributed by atoms with Crippen molar-refractivity contribution in [1.82, 2.24) is 0 Å². The van der Waals surface area contributed by atoms with Gasteiger partial charge < -0.3 is 4.52 Å². The quantitative estimate of drug-likeness (QED) is 0.705. The molecule has 0 aliphatic rings. The third-order valence-corrected chi connectivity index (χ3v) is 2.26. The summed E-state index contributed by atoms with van der Waals surface area (Å²) in [6, 6.07) is 7.69. The molecule has 0 aliphatic heterocycles. The summed E-state index contributed by atoms with van der Waals surface area (Å²) in [5, 5.41) is 0. The van der Waals surface area contributed by atoms with Crippen LogP contribution in [0.4, 0.5) is 0 Å². The largest absolute Gasteiger partial charge is 0.453 e. The molecule has 0 aromatic heterocycles. The highest BCUT2D eigenvalue weighted by molar-refractivity contribution is 8.24. The minimum atomic E-state index is -2.10. The molecule has 1 nitrogen and oxygen atoms in total. The predicted molar refractivity (Wildman–Crippen MR) is 57.9 cm³/mol. The first-order chi connectivity index (χ1) is 5.47. The van der Waals surface area contributed by atoms with Crippen LogP contribution in [0.5, 0.6) is 5.75 Å². The van der Waals surface area contributed by atoms with Crippen LogP contribution >= 0.6 is 16.9 Å². The summed E-state index contributed by atoms with van der Waals surface area (Å²) < 4.78 is 5.35.